The number of nitrogens with zero attached hydrogens (tertiary/aromatic N) is 2. The number of furan rings is 1. The van der Waals surface area contributed by atoms with Crippen LogP contribution in [0.4, 0.5) is 5.82 Å². The van der Waals surface area contributed by atoms with E-state index in [2.05, 4.69) is 15.7 Å². The summed E-state index contributed by atoms with van der Waals surface area (Å²) in [4.78, 5) is 11.9. The molecule has 1 amide bonds. The Hall–Kier alpha value is -2.08. The number of carbonyl (C=O) groups is 1. The van der Waals surface area contributed by atoms with Crippen molar-refractivity contribution in [1.82, 2.24) is 15.1 Å². The van der Waals surface area contributed by atoms with Crippen LogP contribution in [0, 0.1) is 0 Å². The number of fused-ring (bicyclic) bond motifs is 1. The summed E-state index contributed by atoms with van der Waals surface area (Å²) < 4.78 is 6.78. The molecule has 0 unspecified atom stereocenters. The molecule has 94 valence electrons. The normalized spacial score (nSPS) is 14.3. The van der Waals surface area contributed by atoms with Crippen LogP contribution in [0.2, 0.25) is 0 Å². The van der Waals surface area contributed by atoms with Crippen LogP contribution in [-0.4, -0.2) is 22.2 Å². The highest BCUT2D eigenvalue weighted by molar-refractivity contribution is 6.02. The minimum atomic E-state index is -0.253. The molecule has 0 radical (unpaired) electrons. The zero-order valence-corrected chi connectivity index (χ0v) is 10.1. The quantitative estimate of drug-likeness (QED) is 0.826. The van der Waals surface area contributed by atoms with Crippen LogP contribution < -0.4 is 10.6 Å². The lowest BCUT2D eigenvalue weighted by Crippen LogP contribution is -2.24. The monoisotopic (exact) mass is 246 g/mol. The molecule has 6 nitrogen and oxygen atoms in total. The van der Waals surface area contributed by atoms with Crippen LogP contribution in [-0.2, 0) is 20.0 Å². The topological polar surface area (TPSA) is 72.1 Å². The molecule has 0 saturated heterocycles. The van der Waals surface area contributed by atoms with Crippen molar-refractivity contribution < 1.29 is 9.21 Å². The average molecular weight is 246 g/mol. The van der Waals surface area contributed by atoms with Crippen LogP contribution in [0.25, 0.3) is 0 Å². The number of carbonyl (C=O) groups excluding carboxylic acids is 1. The van der Waals surface area contributed by atoms with Gasteiger partial charge in [-0.15, -0.1) is 0 Å². The Morgan fingerprint density at radius 2 is 2.50 bits per heavy atom. The van der Waals surface area contributed by atoms with Gasteiger partial charge in [-0.3, -0.25) is 9.48 Å². The highest BCUT2D eigenvalue weighted by Gasteiger charge is 2.21. The van der Waals surface area contributed by atoms with E-state index >= 15 is 0 Å². The maximum Gasteiger partial charge on any atom is 0.292 e. The van der Waals surface area contributed by atoms with E-state index in [0.717, 1.165) is 36.6 Å². The van der Waals surface area contributed by atoms with Crippen molar-refractivity contribution in [3.63, 3.8) is 0 Å². The predicted octanol–water partition coefficient (Wildman–Crippen LogP) is 0.911. The summed E-state index contributed by atoms with van der Waals surface area (Å²) in [6.07, 6.45) is 2.37. The van der Waals surface area contributed by atoms with E-state index in [4.69, 9.17) is 4.42 Å². The number of aromatic nitrogens is 2. The largest absolute Gasteiger partial charge is 0.459 e. The first-order valence-corrected chi connectivity index (χ1v) is 5.86. The third-order valence-electron chi connectivity index (χ3n) is 3.05. The van der Waals surface area contributed by atoms with Crippen molar-refractivity contribution in [3.05, 3.63) is 35.4 Å². The van der Waals surface area contributed by atoms with Crippen molar-refractivity contribution in [2.24, 2.45) is 7.05 Å². The molecule has 0 spiro atoms. The minimum Gasteiger partial charge on any atom is -0.459 e. The van der Waals surface area contributed by atoms with E-state index < -0.39 is 0 Å². The maximum atomic E-state index is 11.9. The Labute approximate surface area is 104 Å². The Kier molecular flexibility index (Phi) is 2.64. The van der Waals surface area contributed by atoms with Gasteiger partial charge in [0.25, 0.3) is 5.91 Å². The van der Waals surface area contributed by atoms with E-state index in [1.165, 1.54) is 6.26 Å². The number of hydrogen-bond donors (Lipinski definition) is 2. The predicted molar refractivity (Wildman–Crippen MR) is 65.3 cm³/mol. The summed E-state index contributed by atoms with van der Waals surface area (Å²) in [5.41, 5.74) is 2.11. The van der Waals surface area contributed by atoms with Crippen LogP contribution in [0.15, 0.2) is 22.8 Å². The first kappa shape index (κ1) is 11.0. The molecule has 2 aromatic rings. The molecule has 1 aliphatic rings. The molecule has 0 aromatic carbocycles. The highest BCUT2D eigenvalue weighted by Crippen LogP contribution is 2.22. The van der Waals surface area contributed by atoms with Gasteiger partial charge in [0.15, 0.2) is 5.76 Å². The smallest absolute Gasteiger partial charge is 0.292 e. The van der Waals surface area contributed by atoms with E-state index in [-0.39, 0.29) is 5.91 Å². The fourth-order valence-corrected chi connectivity index (χ4v) is 2.16. The number of nitrogens with one attached hydrogen (secondary N) is 2. The van der Waals surface area contributed by atoms with Gasteiger partial charge < -0.3 is 15.1 Å². The van der Waals surface area contributed by atoms with Crippen molar-refractivity contribution in [3.8, 4) is 0 Å². The molecule has 2 aromatic heterocycles. The molecule has 0 fully saturated rings. The van der Waals surface area contributed by atoms with Gasteiger partial charge in [-0.2, -0.15) is 5.10 Å². The van der Waals surface area contributed by atoms with Gasteiger partial charge in [0.05, 0.1) is 12.0 Å². The molecule has 0 saturated carbocycles. The average Bonchev–Trinajstić information content (AvgIpc) is 2.98. The van der Waals surface area contributed by atoms with Gasteiger partial charge in [0.2, 0.25) is 0 Å². The Bertz CT molecular complexity index is 571. The van der Waals surface area contributed by atoms with Crippen LogP contribution in [0.1, 0.15) is 21.8 Å². The number of anilines is 1. The van der Waals surface area contributed by atoms with Gasteiger partial charge in [0, 0.05) is 32.1 Å². The van der Waals surface area contributed by atoms with Crippen LogP contribution in [0.3, 0.4) is 0 Å². The fraction of sp³-hybridized carbons (Fsp3) is 0.333. The second-order valence-electron chi connectivity index (χ2n) is 4.26. The van der Waals surface area contributed by atoms with Crippen molar-refractivity contribution in [1.29, 1.82) is 0 Å². The third kappa shape index (κ3) is 1.80. The molecule has 0 bridgehead atoms. The summed E-state index contributed by atoms with van der Waals surface area (Å²) in [6, 6.07) is 3.32. The molecule has 3 heterocycles. The van der Waals surface area contributed by atoms with E-state index in [9.17, 15) is 4.79 Å². The van der Waals surface area contributed by atoms with Gasteiger partial charge in [-0.05, 0) is 12.1 Å². The Morgan fingerprint density at radius 1 is 1.61 bits per heavy atom. The molecule has 0 atom stereocenters. The molecule has 6 heteroatoms. The van der Waals surface area contributed by atoms with Gasteiger partial charge in [0.1, 0.15) is 5.82 Å². The number of hydrogen-bond acceptors (Lipinski definition) is 4. The zero-order valence-electron chi connectivity index (χ0n) is 10.1. The van der Waals surface area contributed by atoms with Crippen molar-refractivity contribution in [2.45, 2.75) is 13.0 Å². The number of aryl methyl sites for hydroxylation is 1. The third-order valence-corrected chi connectivity index (χ3v) is 3.05. The van der Waals surface area contributed by atoms with Crippen LogP contribution in [0.5, 0.6) is 0 Å². The number of amides is 1. The van der Waals surface area contributed by atoms with Crippen LogP contribution >= 0.6 is 0 Å². The maximum absolute atomic E-state index is 11.9. The molecular formula is C12H14N4O2. The van der Waals surface area contributed by atoms with Gasteiger partial charge >= 0.3 is 0 Å². The second-order valence-corrected chi connectivity index (χ2v) is 4.26. The SMILES string of the molecule is Cn1nc2c(c1NC(=O)c1ccco1)CNCC2. The van der Waals surface area contributed by atoms with Gasteiger partial charge in [-0.25, -0.2) is 0 Å². The lowest BCUT2D eigenvalue weighted by Gasteiger charge is -2.13. The summed E-state index contributed by atoms with van der Waals surface area (Å²) in [7, 11) is 1.83. The summed E-state index contributed by atoms with van der Waals surface area (Å²) in [5, 5.41) is 10.5. The molecule has 0 aliphatic carbocycles. The molecule has 18 heavy (non-hydrogen) atoms. The first-order chi connectivity index (χ1) is 8.75. The molecule has 2 N–H and O–H groups in total. The van der Waals surface area contributed by atoms with E-state index in [0.29, 0.717) is 5.76 Å². The standard InChI is InChI=1S/C12H14N4O2/c1-16-11(8-7-13-5-4-9(8)15-16)14-12(17)10-3-2-6-18-10/h2-3,6,13H,4-5,7H2,1H3,(H,14,17). The summed E-state index contributed by atoms with van der Waals surface area (Å²) in [6.45, 7) is 1.66. The van der Waals surface area contributed by atoms with Crippen molar-refractivity contribution >= 4 is 11.7 Å². The lowest BCUT2D eigenvalue weighted by atomic mass is 10.1. The summed E-state index contributed by atoms with van der Waals surface area (Å²) >= 11 is 0. The van der Waals surface area contributed by atoms with E-state index in [1.807, 2.05) is 7.05 Å². The van der Waals surface area contributed by atoms with Gasteiger partial charge in [-0.1, -0.05) is 0 Å². The number of rotatable bonds is 2. The lowest BCUT2D eigenvalue weighted by molar-refractivity contribution is 0.0995. The van der Waals surface area contributed by atoms with Crippen molar-refractivity contribution in [2.75, 3.05) is 11.9 Å². The summed E-state index contributed by atoms with van der Waals surface area (Å²) in [5.74, 6) is 0.781. The zero-order chi connectivity index (χ0) is 12.5. The first-order valence-electron chi connectivity index (χ1n) is 5.86. The fourth-order valence-electron chi connectivity index (χ4n) is 2.16. The Morgan fingerprint density at radius 3 is 3.28 bits per heavy atom. The minimum absolute atomic E-state index is 0.253. The molecule has 3 rings (SSSR count). The Balaban J connectivity index is 1.89. The second kappa shape index (κ2) is 4.30. The molecule has 1 aliphatic heterocycles. The highest BCUT2D eigenvalue weighted by atomic mass is 16.3. The van der Waals surface area contributed by atoms with E-state index in [1.54, 1.807) is 16.8 Å². The molecular weight excluding hydrogens is 232 g/mol.